The van der Waals surface area contributed by atoms with Gasteiger partial charge in [-0.25, -0.2) is 18.2 Å². The van der Waals surface area contributed by atoms with Gasteiger partial charge in [0.25, 0.3) is 0 Å². The summed E-state index contributed by atoms with van der Waals surface area (Å²) in [4.78, 5) is 20.8. The molecule has 0 spiro atoms. The average Bonchev–Trinajstić information content (AvgIpc) is 3.14. The van der Waals surface area contributed by atoms with Gasteiger partial charge in [0.15, 0.2) is 11.6 Å². The second-order valence-corrected chi connectivity index (χ2v) is 8.15. The lowest BCUT2D eigenvalue weighted by Crippen LogP contribution is -2.12. The highest BCUT2D eigenvalue weighted by Crippen LogP contribution is 2.31. The first kappa shape index (κ1) is 22.2. The van der Waals surface area contributed by atoms with E-state index in [9.17, 15) is 18.0 Å². The van der Waals surface area contributed by atoms with Gasteiger partial charge in [0.2, 0.25) is 0 Å². The van der Waals surface area contributed by atoms with Crippen LogP contribution in [0.25, 0.3) is 10.2 Å². The van der Waals surface area contributed by atoms with Crippen LogP contribution in [0.2, 0.25) is 0 Å². The van der Waals surface area contributed by atoms with Crippen LogP contribution in [0.5, 0.6) is 0 Å². The highest BCUT2D eigenvalue weighted by molar-refractivity contribution is 7.18. The predicted octanol–water partition coefficient (Wildman–Crippen LogP) is 5.32. The lowest BCUT2D eigenvalue weighted by molar-refractivity contribution is -0.139. The molecule has 2 aromatic heterocycles. The normalized spacial score (nSPS) is 11.3. The van der Waals surface area contributed by atoms with Gasteiger partial charge in [-0.15, -0.1) is 11.3 Å². The number of hydrogen-bond donors (Lipinski definition) is 0. The predicted molar refractivity (Wildman–Crippen MR) is 110 cm³/mol. The Morgan fingerprint density at radius 2 is 1.67 bits per heavy atom. The van der Waals surface area contributed by atoms with E-state index in [0.29, 0.717) is 17.5 Å². The molecule has 0 bridgehead atoms. The summed E-state index contributed by atoms with van der Waals surface area (Å²) in [5.74, 6) is -3.59. The molecule has 0 aliphatic carbocycles. The van der Waals surface area contributed by atoms with Crippen molar-refractivity contribution in [3.8, 4) is 0 Å². The van der Waals surface area contributed by atoms with E-state index in [0.717, 1.165) is 59.5 Å². The average molecular weight is 436 g/mol. The fourth-order valence-corrected chi connectivity index (χ4v) is 4.38. The number of benzene rings is 1. The van der Waals surface area contributed by atoms with Gasteiger partial charge in [0, 0.05) is 23.9 Å². The Bertz CT molecular complexity index is 1080. The lowest BCUT2D eigenvalue weighted by atomic mass is 9.98. The molecule has 0 saturated heterocycles. The van der Waals surface area contributed by atoms with Gasteiger partial charge in [0.1, 0.15) is 11.3 Å². The van der Waals surface area contributed by atoms with Gasteiger partial charge in [0.05, 0.1) is 23.2 Å². The van der Waals surface area contributed by atoms with Gasteiger partial charge in [-0.1, -0.05) is 32.8 Å². The number of carbonyl (C=O) groups is 1. The number of rotatable bonds is 8. The number of pyridine rings is 1. The minimum Gasteiger partial charge on any atom is -0.469 e. The fraction of sp³-hybridized carbons (Fsp3) is 0.409. The Morgan fingerprint density at radius 1 is 1.00 bits per heavy atom. The van der Waals surface area contributed by atoms with Crippen molar-refractivity contribution in [2.24, 2.45) is 0 Å². The minimum atomic E-state index is -1.26. The number of methoxy groups -OCH3 is 1. The molecule has 0 amide bonds. The molecule has 2 heterocycles. The second kappa shape index (κ2) is 9.55. The van der Waals surface area contributed by atoms with E-state index in [2.05, 4.69) is 4.98 Å². The maximum Gasteiger partial charge on any atom is 0.310 e. The molecule has 8 heteroatoms. The number of aryl methyl sites for hydroxylation is 2. The van der Waals surface area contributed by atoms with Crippen LogP contribution in [0.3, 0.4) is 0 Å². The van der Waals surface area contributed by atoms with Gasteiger partial charge < -0.3 is 4.74 Å². The summed E-state index contributed by atoms with van der Waals surface area (Å²) in [6.45, 7) is 4.08. The molecule has 160 valence electrons. The zero-order valence-corrected chi connectivity index (χ0v) is 18.0. The summed E-state index contributed by atoms with van der Waals surface area (Å²) >= 11 is 0.995. The third kappa shape index (κ3) is 4.64. The quantitative estimate of drug-likeness (QED) is 0.354. The SMILES string of the molecule is CCCc1nc(CCC)c(Cc2nc3c(F)c(F)cc(F)c3s2)cc1CC(=O)OC. The molecule has 0 radical (unpaired) electrons. The molecule has 3 aromatic rings. The molecule has 4 nitrogen and oxygen atoms in total. The molecule has 0 saturated carbocycles. The Labute approximate surface area is 177 Å². The van der Waals surface area contributed by atoms with E-state index < -0.39 is 17.5 Å². The zero-order chi connectivity index (χ0) is 21.8. The molecule has 0 aliphatic heterocycles. The minimum absolute atomic E-state index is 0.00807. The third-order valence-electron chi connectivity index (χ3n) is 4.80. The smallest absolute Gasteiger partial charge is 0.310 e. The first-order chi connectivity index (χ1) is 14.4. The van der Waals surface area contributed by atoms with E-state index in [-0.39, 0.29) is 22.6 Å². The Morgan fingerprint density at radius 3 is 2.30 bits per heavy atom. The van der Waals surface area contributed by atoms with Crippen LogP contribution in [0.1, 0.15) is 54.2 Å². The van der Waals surface area contributed by atoms with Crippen LogP contribution in [-0.2, 0) is 35.2 Å². The van der Waals surface area contributed by atoms with E-state index in [1.54, 1.807) is 0 Å². The fourth-order valence-electron chi connectivity index (χ4n) is 3.39. The van der Waals surface area contributed by atoms with Crippen LogP contribution in [0.15, 0.2) is 12.1 Å². The number of hydrogen-bond acceptors (Lipinski definition) is 5. The van der Waals surface area contributed by atoms with Gasteiger partial charge in [-0.2, -0.15) is 0 Å². The van der Waals surface area contributed by atoms with Crippen molar-refractivity contribution in [2.75, 3.05) is 7.11 Å². The van der Waals surface area contributed by atoms with Crippen molar-refractivity contribution >= 4 is 27.5 Å². The van der Waals surface area contributed by atoms with E-state index in [1.165, 1.54) is 7.11 Å². The van der Waals surface area contributed by atoms with Crippen LogP contribution in [0.4, 0.5) is 13.2 Å². The van der Waals surface area contributed by atoms with E-state index in [1.807, 2.05) is 19.9 Å². The summed E-state index contributed by atoms with van der Waals surface area (Å²) in [7, 11) is 1.34. The molecule has 0 unspecified atom stereocenters. The highest BCUT2D eigenvalue weighted by Gasteiger charge is 2.20. The van der Waals surface area contributed by atoms with Crippen molar-refractivity contribution in [3.63, 3.8) is 0 Å². The maximum atomic E-state index is 14.1. The number of esters is 1. The van der Waals surface area contributed by atoms with Crippen molar-refractivity contribution in [2.45, 2.75) is 52.4 Å². The summed E-state index contributed by atoms with van der Waals surface area (Å²) in [6, 6.07) is 2.46. The molecule has 30 heavy (non-hydrogen) atoms. The molecule has 0 aliphatic rings. The number of halogens is 3. The number of aromatic nitrogens is 2. The van der Waals surface area contributed by atoms with E-state index >= 15 is 0 Å². The second-order valence-electron chi connectivity index (χ2n) is 7.07. The van der Waals surface area contributed by atoms with Crippen LogP contribution >= 0.6 is 11.3 Å². The first-order valence-corrected chi connectivity index (χ1v) is 10.7. The molecule has 0 atom stereocenters. The largest absolute Gasteiger partial charge is 0.469 e. The molecular formula is C22H23F3N2O2S. The van der Waals surface area contributed by atoms with Crippen molar-refractivity contribution < 1.29 is 22.7 Å². The standard InChI is InChI=1S/C22H23F3N2O2S/c1-4-6-16-12(8-13(10-19(28)29-3)17(26-16)7-5-2)9-18-27-21-20(25)14(23)11-15(24)22(21)30-18/h8,11H,4-7,9-10H2,1-3H3. The van der Waals surface area contributed by atoms with Gasteiger partial charge in [-0.3, -0.25) is 9.78 Å². The van der Waals surface area contributed by atoms with Crippen LogP contribution in [-0.4, -0.2) is 23.0 Å². The summed E-state index contributed by atoms with van der Waals surface area (Å²) in [5, 5.41) is 0.458. The summed E-state index contributed by atoms with van der Waals surface area (Å²) in [5.41, 5.74) is 3.06. The summed E-state index contributed by atoms with van der Waals surface area (Å²) < 4.78 is 46.4. The van der Waals surface area contributed by atoms with Crippen molar-refractivity contribution in [1.82, 2.24) is 9.97 Å². The van der Waals surface area contributed by atoms with Crippen molar-refractivity contribution in [1.29, 1.82) is 0 Å². The topological polar surface area (TPSA) is 52.1 Å². The monoisotopic (exact) mass is 436 g/mol. The molecule has 3 rings (SSSR count). The summed E-state index contributed by atoms with van der Waals surface area (Å²) in [6.07, 6.45) is 3.62. The number of thiazole rings is 1. The Kier molecular flexibility index (Phi) is 7.07. The van der Waals surface area contributed by atoms with Gasteiger partial charge >= 0.3 is 5.97 Å². The number of nitrogens with zero attached hydrogens (tertiary/aromatic N) is 2. The van der Waals surface area contributed by atoms with Gasteiger partial charge in [-0.05, 0) is 24.0 Å². The third-order valence-corrected chi connectivity index (χ3v) is 5.86. The van der Waals surface area contributed by atoms with Crippen molar-refractivity contribution in [3.05, 3.63) is 57.1 Å². The molecule has 0 fully saturated rings. The molecule has 1 aromatic carbocycles. The molecular weight excluding hydrogens is 413 g/mol. The first-order valence-electron chi connectivity index (χ1n) is 9.88. The Hall–Kier alpha value is -2.48. The highest BCUT2D eigenvalue weighted by atomic mass is 32.1. The Balaban J connectivity index is 2.06. The van der Waals surface area contributed by atoms with Crippen LogP contribution < -0.4 is 0 Å². The number of fused-ring (bicyclic) bond motifs is 1. The lowest BCUT2D eigenvalue weighted by Gasteiger charge is -2.14. The number of ether oxygens (including phenoxy) is 1. The van der Waals surface area contributed by atoms with E-state index in [4.69, 9.17) is 9.72 Å². The number of carbonyl (C=O) groups excluding carboxylic acids is 1. The maximum absolute atomic E-state index is 14.1. The zero-order valence-electron chi connectivity index (χ0n) is 17.2. The molecule has 0 N–H and O–H groups in total. The van der Waals surface area contributed by atoms with Crippen LogP contribution in [0, 0.1) is 17.5 Å².